The van der Waals surface area contributed by atoms with Gasteiger partial charge in [-0.15, -0.1) is 0 Å². The van der Waals surface area contributed by atoms with Crippen LogP contribution in [0.4, 0.5) is 4.39 Å². The summed E-state index contributed by atoms with van der Waals surface area (Å²) in [6.45, 7) is 2.90. The number of Topliss-reactive ketones (excluding diaryl/α,β-unsaturated/α-hetero) is 1. The van der Waals surface area contributed by atoms with Crippen LogP contribution >= 0.6 is 0 Å². The van der Waals surface area contributed by atoms with Gasteiger partial charge in [-0.1, -0.05) is 12.1 Å². The molecule has 1 aliphatic rings. The standard InChI is InChI=1S/C16H22FNO2/c17-15-5-3-13(4-6-15)10-16(20)7-9-18-8-1-2-14(11-18)12-19/h3-6,14,19H,1-2,7-12H2. The fraction of sp³-hybridized carbons (Fsp3) is 0.562. The molecule has 1 aromatic rings. The second-order valence-electron chi connectivity index (χ2n) is 5.58. The molecule has 20 heavy (non-hydrogen) atoms. The largest absolute Gasteiger partial charge is 0.396 e. The number of halogens is 1. The molecular weight excluding hydrogens is 257 g/mol. The number of benzene rings is 1. The van der Waals surface area contributed by atoms with E-state index in [4.69, 9.17) is 0 Å². The van der Waals surface area contributed by atoms with Crippen molar-refractivity contribution in [3.63, 3.8) is 0 Å². The maximum absolute atomic E-state index is 12.8. The smallest absolute Gasteiger partial charge is 0.138 e. The van der Waals surface area contributed by atoms with Gasteiger partial charge < -0.3 is 10.0 Å². The number of ketones is 1. The van der Waals surface area contributed by atoms with E-state index >= 15 is 0 Å². The van der Waals surface area contributed by atoms with Gasteiger partial charge in [0.1, 0.15) is 11.6 Å². The first-order valence-corrected chi connectivity index (χ1v) is 7.26. The van der Waals surface area contributed by atoms with Crippen LogP contribution in [-0.4, -0.2) is 42.0 Å². The highest BCUT2D eigenvalue weighted by molar-refractivity contribution is 5.81. The first-order valence-electron chi connectivity index (χ1n) is 7.26. The van der Waals surface area contributed by atoms with Crippen LogP contribution in [0.25, 0.3) is 0 Å². The molecule has 2 rings (SSSR count). The number of aliphatic hydroxyl groups is 1. The maximum atomic E-state index is 12.8. The summed E-state index contributed by atoms with van der Waals surface area (Å²) in [4.78, 5) is 14.2. The van der Waals surface area contributed by atoms with Gasteiger partial charge in [0.25, 0.3) is 0 Å². The Morgan fingerprint density at radius 1 is 1.35 bits per heavy atom. The van der Waals surface area contributed by atoms with Crippen LogP contribution in [0.5, 0.6) is 0 Å². The van der Waals surface area contributed by atoms with Crippen molar-refractivity contribution in [3.05, 3.63) is 35.6 Å². The highest BCUT2D eigenvalue weighted by Gasteiger charge is 2.19. The molecule has 110 valence electrons. The molecule has 3 nitrogen and oxygen atoms in total. The van der Waals surface area contributed by atoms with E-state index in [0.29, 0.717) is 18.8 Å². The Morgan fingerprint density at radius 3 is 2.80 bits per heavy atom. The fourth-order valence-corrected chi connectivity index (χ4v) is 2.70. The topological polar surface area (TPSA) is 40.5 Å². The summed E-state index contributed by atoms with van der Waals surface area (Å²) >= 11 is 0. The Balaban J connectivity index is 1.73. The number of carbonyl (C=O) groups is 1. The number of piperidine rings is 1. The van der Waals surface area contributed by atoms with Crippen LogP contribution < -0.4 is 0 Å². The van der Waals surface area contributed by atoms with Crippen molar-refractivity contribution in [2.45, 2.75) is 25.7 Å². The number of likely N-dealkylation sites (tertiary alicyclic amines) is 1. The molecule has 0 aromatic heterocycles. The summed E-state index contributed by atoms with van der Waals surface area (Å²) in [6.07, 6.45) is 3.07. The van der Waals surface area contributed by atoms with Crippen molar-refractivity contribution in [3.8, 4) is 0 Å². The zero-order chi connectivity index (χ0) is 14.4. The van der Waals surface area contributed by atoms with Crippen molar-refractivity contribution in [2.24, 2.45) is 5.92 Å². The van der Waals surface area contributed by atoms with Crippen LogP contribution in [0.1, 0.15) is 24.8 Å². The van der Waals surface area contributed by atoms with E-state index in [0.717, 1.165) is 38.0 Å². The Hall–Kier alpha value is -1.26. The van der Waals surface area contributed by atoms with E-state index in [-0.39, 0.29) is 18.2 Å². The molecule has 1 heterocycles. The van der Waals surface area contributed by atoms with Crippen LogP contribution in [0.2, 0.25) is 0 Å². The molecule has 1 atom stereocenters. The monoisotopic (exact) mass is 279 g/mol. The van der Waals surface area contributed by atoms with Crippen LogP contribution in [0.3, 0.4) is 0 Å². The number of aliphatic hydroxyl groups excluding tert-OH is 1. The lowest BCUT2D eigenvalue weighted by molar-refractivity contribution is -0.118. The molecular formula is C16H22FNO2. The molecule has 0 saturated carbocycles. The van der Waals surface area contributed by atoms with Gasteiger partial charge in [-0.3, -0.25) is 4.79 Å². The number of rotatable bonds is 6. The molecule has 4 heteroatoms. The Morgan fingerprint density at radius 2 is 2.10 bits per heavy atom. The maximum Gasteiger partial charge on any atom is 0.138 e. The molecule has 0 radical (unpaired) electrons. The van der Waals surface area contributed by atoms with E-state index in [1.807, 2.05) is 0 Å². The average Bonchev–Trinajstić information content (AvgIpc) is 2.48. The van der Waals surface area contributed by atoms with Crippen molar-refractivity contribution >= 4 is 5.78 Å². The van der Waals surface area contributed by atoms with Gasteiger partial charge in [-0.2, -0.15) is 0 Å². The van der Waals surface area contributed by atoms with Gasteiger partial charge in [0.2, 0.25) is 0 Å². The zero-order valence-corrected chi connectivity index (χ0v) is 11.7. The molecule has 0 bridgehead atoms. The predicted molar refractivity (Wildman–Crippen MR) is 76.0 cm³/mol. The molecule has 1 aliphatic heterocycles. The first-order chi connectivity index (χ1) is 9.67. The van der Waals surface area contributed by atoms with Crippen LogP contribution in [0.15, 0.2) is 24.3 Å². The number of hydrogen-bond donors (Lipinski definition) is 1. The summed E-state index contributed by atoms with van der Waals surface area (Å²) in [5.74, 6) is 0.267. The minimum Gasteiger partial charge on any atom is -0.396 e. The summed E-state index contributed by atoms with van der Waals surface area (Å²) in [5, 5.41) is 9.18. The van der Waals surface area contributed by atoms with Gasteiger partial charge >= 0.3 is 0 Å². The molecule has 1 saturated heterocycles. The van der Waals surface area contributed by atoms with Crippen molar-refractivity contribution < 1.29 is 14.3 Å². The molecule has 1 fully saturated rings. The SMILES string of the molecule is O=C(CCN1CCCC(CO)C1)Cc1ccc(F)cc1. The lowest BCUT2D eigenvalue weighted by Gasteiger charge is -2.31. The zero-order valence-electron chi connectivity index (χ0n) is 11.7. The fourth-order valence-electron chi connectivity index (χ4n) is 2.70. The predicted octanol–water partition coefficient (Wildman–Crippen LogP) is 2.03. The molecule has 0 amide bonds. The molecule has 1 unspecified atom stereocenters. The molecule has 1 N–H and O–H groups in total. The summed E-state index contributed by atoms with van der Waals surface area (Å²) in [7, 11) is 0. The van der Waals surface area contributed by atoms with Crippen molar-refractivity contribution in [2.75, 3.05) is 26.2 Å². The number of carbonyl (C=O) groups excluding carboxylic acids is 1. The lowest BCUT2D eigenvalue weighted by Crippen LogP contribution is -2.38. The second kappa shape index (κ2) is 7.50. The molecule has 0 spiro atoms. The summed E-state index contributed by atoms with van der Waals surface area (Å²) in [5.41, 5.74) is 0.864. The van der Waals surface area contributed by atoms with Crippen molar-refractivity contribution in [1.29, 1.82) is 0 Å². The van der Waals surface area contributed by atoms with Crippen LogP contribution in [-0.2, 0) is 11.2 Å². The Bertz CT molecular complexity index is 433. The van der Waals surface area contributed by atoms with E-state index in [9.17, 15) is 14.3 Å². The summed E-state index contributed by atoms with van der Waals surface area (Å²) < 4.78 is 12.8. The Labute approximate surface area is 119 Å². The summed E-state index contributed by atoms with van der Waals surface area (Å²) in [6, 6.07) is 6.10. The number of nitrogens with zero attached hydrogens (tertiary/aromatic N) is 1. The lowest BCUT2D eigenvalue weighted by atomic mass is 9.98. The van der Waals surface area contributed by atoms with Crippen molar-refractivity contribution in [1.82, 2.24) is 4.90 Å². The highest BCUT2D eigenvalue weighted by Crippen LogP contribution is 2.16. The van der Waals surface area contributed by atoms with Gasteiger partial charge in [-0.25, -0.2) is 4.39 Å². The van der Waals surface area contributed by atoms with Gasteiger partial charge in [0.15, 0.2) is 0 Å². The average molecular weight is 279 g/mol. The van der Waals surface area contributed by atoms with Gasteiger partial charge in [-0.05, 0) is 43.0 Å². The third-order valence-corrected chi connectivity index (χ3v) is 3.88. The van der Waals surface area contributed by atoms with E-state index < -0.39 is 0 Å². The van der Waals surface area contributed by atoms with E-state index in [1.54, 1.807) is 12.1 Å². The van der Waals surface area contributed by atoms with Crippen LogP contribution in [0, 0.1) is 11.7 Å². The van der Waals surface area contributed by atoms with Gasteiger partial charge in [0, 0.05) is 32.5 Å². The Kier molecular flexibility index (Phi) is 5.68. The second-order valence-corrected chi connectivity index (χ2v) is 5.58. The van der Waals surface area contributed by atoms with E-state index in [1.165, 1.54) is 12.1 Å². The highest BCUT2D eigenvalue weighted by atomic mass is 19.1. The minimum atomic E-state index is -0.274. The third kappa shape index (κ3) is 4.69. The minimum absolute atomic E-state index is 0.183. The third-order valence-electron chi connectivity index (χ3n) is 3.88. The molecule has 1 aromatic carbocycles. The molecule has 0 aliphatic carbocycles. The number of hydrogen-bond acceptors (Lipinski definition) is 3. The van der Waals surface area contributed by atoms with E-state index in [2.05, 4.69) is 4.90 Å². The quantitative estimate of drug-likeness (QED) is 0.866. The first kappa shape index (κ1) is 15.1. The van der Waals surface area contributed by atoms with Gasteiger partial charge in [0.05, 0.1) is 0 Å². The normalized spacial score (nSPS) is 20.0.